The van der Waals surface area contributed by atoms with Crippen LogP contribution in [-0.4, -0.2) is 77.3 Å². The fraction of sp³-hybridized carbons (Fsp3) is 1.00. The summed E-state index contributed by atoms with van der Waals surface area (Å²) in [4.78, 5) is 0. The molecule has 0 radical (unpaired) electrons. The van der Waals surface area contributed by atoms with E-state index < -0.39 is 77.3 Å². The average Bonchev–Trinajstić information content (AvgIpc) is 2.60. The number of rotatable bonds is 12. The van der Waals surface area contributed by atoms with Crippen molar-refractivity contribution in [2.75, 3.05) is 26.6 Å². The Labute approximate surface area is 159 Å². The van der Waals surface area contributed by atoms with E-state index in [0.29, 0.717) is 13.8 Å². The van der Waals surface area contributed by atoms with Gasteiger partial charge in [0.25, 0.3) is 0 Å². The van der Waals surface area contributed by atoms with Crippen LogP contribution in [0.5, 0.6) is 0 Å². The van der Waals surface area contributed by atoms with E-state index in [1.54, 1.807) is 0 Å². The van der Waals surface area contributed by atoms with Gasteiger partial charge in [0.05, 0.1) is 0 Å². The third kappa shape index (κ3) is 4.00. The monoisotopic (exact) mass is 576 g/mol. The van der Waals surface area contributed by atoms with E-state index in [2.05, 4.69) is 6.15 Å². The summed E-state index contributed by atoms with van der Waals surface area (Å²) >= 11 is -9.28. The van der Waals surface area contributed by atoms with Crippen molar-refractivity contribution in [2.45, 2.75) is 45.4 Å². The predicted molar refractivity (Wildman–Crippen MR) is 70.6 cm³/mol. The van der Waals surface area contributed by atoms with Crippen molar-refractivity contribution >= 4 is 19.2 Å². The van der Waals surface area contributed by atoms with Crippen LogP contribution in [0.15, 0.2) is 0 Å². The molecule has 176 valence electrons. The van der Waals surface area contributed by atoms with Gasteiger partial charge >= 0.3 is 159 Å². The van der Waals surface area contributed by atoms with Crippen molar-refractivity contribution in [3.63, 3.8) is 0 Å². The zero-order chi connectivity index (χ0) is 23.7. The van der Waals surface area contributed by atoms with E-state index in [9.17, 15) is 61.5 Å². The molecule has 0 aromatic heterocycles. The number of hydrogen-bond donors (Lipinski definition) is 0. The van der Waals surface area contributed by atoms with E-state index in [0.717, 1.165) is 0 Å². The predicted octanol–water partition coefficient (Wildman–Crippen LogP) is 5.33. The zero-order valence-electron chi connectivity index (χ0n) is 14.4. The summed E-state index contributed by atoms with van der Waals surface area (Å²) in [7, 11) is 0. The molecule has 0 heterocycles. The van der Waals surface area contributed by atoms with Crippen molar-refractivity contribution in [1.82, 2.24) is 0 Å². The van der Waals surface area contributed by atoms with E-state index in [-0.39, 0.29) is 0 Å². The van der Waals surface area contributed by atoms with Crippen LogP contribution in [0.2, 0.25) is 0 Å². The van der Waals surface area contributed by atoms with E-state index in [1.807, 2.05) is 0 Å². The van der Waals surface area contributed by atoms with Crippen molar-refractivity contribution in [3.8, 4) is 0 Å². The van der Waals surface area contributed by atoms with Gasteiger partial charge in [-0.25, -0.2) is 0 Å². The molecule has 0 atom stereocenters. The van der Waals surface area contributed by atoms with Gasteiger partial charge in [0.1, 0.15) is 0 Å². The molecule has 29 heavy (non-hydrogen) atoms. The first-order valence-electron chi connectivity index (χ1n) is 7.41. The SMILES string of the molecule is CC[O][Sn]([O]CC)([C](F)(F)C(F)(F)C(F)(F)CF)[C](F)(F)C(F)(F)C(F)(F)CF. The van der Waals surface area contributed by atoms with Crippen LogP contribution in [0.4, 0.5) is 61.5 Å². The van der Waals surface area contributed by atoms with Gasteiger partial charge in [-0.05, 0) is 0 Å². The molecule has 17 heteroatoms. The molecule has 0 aliphatic heterocycles. The first kappa shape index (κ1) is 28.7. The Morgan fingerprint density at radius 2 is 0.793 bits per heavy atom. The summed E-state index contributed by atoms with van der Waals surface area (Å²) < 4.78 is 183. The van der Waals surface area contributed by atoms with Gasteiger partial charge in [-0.1, -0.05) is 0 Å². The molecule has 0 N–H and O–H groups in total. The van der Waals surface area contributed by atoms with Gasteiger partial charge < -0.3 is 0 Å². The Hall–Kier alpha value is -0.261. The van der Waals surface area contributed by atoms with Gasteiger partial charge in [-0.2, -0.15) is 0 Å². The molecule has 0 saturated carbocycles. The molecule has 0 fully saturated rings. The quantitative estimate of drug-likeness (QED) is 0.232. The standard InChI is InChI=1S/2C4H2F7.2C2H5O.Sn/c2*5-1-3(8,9)4(10,11)2(6)7;2*1-2-3;/h2*1H2;2*2H2,1H3;/q;;2*-1;+2. The summed E-state index contributed by atoms with van der Waals surface area (Å²) in [6, 6.07) is 0. The molecule has 0 unspecified atom stereocenters. The van der Waals surface area contributed by atoms with Gasteiger partial charge in [0, 0.05) is 0 Å². The van der Waals surface area contributed by atoms with Crippen LogP contribution in [0, 0.1) is 0 Å². The number of hydrogen-bond acceptors (Lipinski definition) is 2. The van der Waals surface area contributed by atoms with E-state index >= 15 is 0 Å². The fourth-order valence-electron chi connectivity index (χ4n) is 2.05. The van der Waals surface area contributed by atoms with Crippen LogP contribution in [0.25, 0.3) is 0 Å². The Bertz CT molecular complexity index is 505. The third-order valence-corrected chi connectivity index (χ3v) is 14.0. The minimum atomic E-state index is -9.28. The van der Waals surface area contributed by atoms with Gasteiger partial charge in [-0.3, -0.25) is 0 Å². The molecular formula is C12H14F14O2Sn. The summed E-state index contributed by atoms with van der Waals surface area (Å²) in [6.45, 7) is -9.30. The molecular weight excluding hydrogens is 561 g/mol. The second kappa shape index (κ2) is 8.70. The minimum absolute atomic E-state index is 0.480. The second-order valence-electron chi connectivity index (χ2n) is 5.46. The topological polar surface area (TPSA) is 18.5 Å². The second-order valence-corrected chi connectivity index (χ2v) is 14.2. The van der Waals surface area contributed by atoms with Gasteiger partial charge in [0.2, 0.25) is 0 Å². The molecule has 0 aromatic rings. The first-order valence-corrected chi connectivity index (χ1v) is 12.6. The zero-order valence-corrected chi connectivity index (χ0v) is 17.3. The van der Waals surface area contributed by atoms with Gasteiger partial charge in [0.15, 0.2) is 0 Å². The Morgan fingerprint density at radius 1 is 0.552 bits per heavy atom. The molecule has 0 aliphatic rings. The number of alkyl halides is 14. The molecule has 0 bridgehead atoms. The van der Waals surface area contributed by atoms with Crippen LogP contribution in [-0.2, 0) is 6.15 Å². The summed E-state index contributed by atoms with van der Waals surface area (Å²) in [5, 5.41) is 0. The third-order valence-electron chi connectivity index (χ3n) is 3.56. The van der Waals surface area contributed by atoms with Gasteiger partial charge in [-0.15, -0.1) is 0 Å². The van der Waals surface area contributed by atoms with Crippen LogP contribution >= 0.6 is 0 Å². The maximum atomic E-state index is 14.4. The first-order chi connectivity index (χ1) is 12.7. The summed E-state index contributed by atoms with van der Waals surface area (Å²) in [5.74, 6) is -27.1. The molecule has 2 nitrogen and oxygen atoms in total. The molecule has 0 aliphatic carbocycles. The van der Waals surface area contributed by atoms with Crippen molar-refractivity contribution in [3.05, 3.63) is 0 Å². The molecule has 0 aromatic carbocycles. The maximum absolute atomic E-state index is 14.4. The van der Waals surface area contributed by atoms with Crippen LogP contribution in [0.1, 0.15) is 13.8 Å². The Kier molecular flexibility index (Phi) is 8.62. The number of halogens is 14. The molecule has 0 saturated heterocycles. The van der Waals surface area contributed by atoms with Crippen LogP contribution < -0.4 is 0 Å². The molecule has 0 spiro atoms. The fourth-order valence-corrected chi connectivity index (χ4v) is 11.2. The summed E-state index contributed by atoms with van der Waals surface area (Å²) in [6.07, 6.45) is 0. The summed E-state index contributed by atoms with van der Waals surface area (Å²) in [5.41, 5.74) is 0. The Morgan fingerprint density at radius 3 is 0.966 bits per heavy atom. The van der Waals surface area contributed by atoms with Crippen molar-refractivity contribution < 1.29 is 67.6 Å². The Balaban J connectivity index is 7.17. The normalized spacial score (nSPS) is 15.7. The van der Waals surface area contributed by atoms with E-state index in [4.69, 9.17) is 0 Å². The van der Waals surface area contributed by atoms with Crippen LogP contribution in [0.3, 0.4) is 0 Å². The molecule has 0 rings (SSSR count). The van der Waals surface area contributed by atoms with Crippen molar-refractivity contribution in [1.29, 1.82) is 0 Å². The van der Waals surface area contributed by atoms with E-state index in [1.165, 1.54) is 0 Å². The van der Waals surface area contributed by atoms with Crippen molar-refractivity contribution in [2.24, 2.45) is 0 Å². The molecule has 0 amide bonds. The average molecular weight is 575 g/mol.